The average Bonchev–Trinajstić information content (AvgIpc) is 2.27. The number of alkyl halides is 3. The molecule has 0 saturated heterocycles. The first-order valence-electron chi connectivity index (χ1n) is 5.19. The third-order valence-electron chi connectivity index (χ3n) is 2.63. The molecule has 0 spiro atoms. The summed E-state index contributed by atoms with van der Waals surface area (Å²) in [6.45, 7) is 1.52. The zero-order chi connectivity index (χ0) is 13.5. The first kappa shape index (κ1) is 12.4. The van der Waals surface area contributed by atoms with Crippen LogP contribution in [-0.2, 0) is 12.7 Å². The molecule has 0 radical (unpaired) electrons. The molecule has 0 fully saturated rings. The topological polar surface area (TPSA) is 54.9 Å². The van der Waals surface area contributed by atoms with E-state index >= 15 is 0 Å². The molecule has 7 heteroatoms. The van der Waals surface area contributed by atoms with E-state index in [0.29, 0.717) is 0 Å². The van der Waals surface area contributed by atoms with Gasteiger partial charge in [0.05, 0.1) is 16.5 Å². The van der Waals surface area contributed by atoms with Crippen molar-refractivity contribution in [2.45, 2.75) is 19.6 Å². The van der Waals surface area contributed by atoms with Crippen LogP contribution in [0.1, 0.15) is 12.5 Å². The van der Waals surface area contributed by atoms with Crippen molar-refractivity contribution in [3.05, 3.63) is 44.6 Å². The maximum Gasteiger partial charge on any atom is 0.417 e. The number of nitrogens with zero attached hydrogens (tertiary/aromatic N) is 1. The SMILES string of the molecule is CCn1c(=O)[nH]c2cccc(C(F)(F)F)c2c1=O. The van der Waals surface area contributed by atoms with E-state index in [1.807, 2.05) is 0 Å². The summed E-state index contributed by atoms with van der Waals surface area (Å²) in [5, 5.41) is -0.508. The van der Waals surface area contributed by atoms with Gasteiger partial charge in [-0.25, -0.2) is 4.79 Å². The number of hydrogen-bond donors (Lipinski definition) is 1. The highest BCUT2D eigenvalue weighted by molar-refractivity contribution is 5.81. The minimum Gasteiger partial charge on any atom is -0.307 e. The maximum atomic E-state index is 12.8. The van der Waals surface area contributed by atoms with Crippen LogP contribution in [-0.4, -0.2) is 9.55 Å². The number of hydrogen-bond acceptors (Lipinski definition) is 2. The molecule has 1 N–H and O–H groups in total. The van der Waals surface area contributed by atoms with E-state index in [-0.39, 0.29) is 12.1 Å². The predicted octanol–water partition coefficient (Wildman–Crippen LogP) is 1.73. The van der Waals surface area contributed by atoms with Gasteiger partial charge >= 0.3 is 11.9 Å². The molecule has 0 aliphatic heterocycles. The summed E-state index contributed by atoms with van der Waals surface area (Å²) >= 11 is 0. The summed E-state index contributed by atoms with van der Waals surface area (Å²) in [6, 6.07) is 3.24. The fourth-order valence-corrected chi connectivity index (χ4v) is 1.82. The lowest BCUT2D eigenvalue weighted by molar-refractivity contribution is -0.136. The van der Waals surface area contributed by atoms with Crippen LogP contribution in [0, 0.1) is 0 Å². The van der Waals surface area contributed by atoms with Gasteiger partial charge in [0.2, 0.25) is 0 Å². The Morgan fingerprint density at radius 1 is 1.28 bits per heavy atom. The van der Waals surface area contributed by atoms with Gasteiger partial charge in [-0.1, -0.05) is 6.07 Å². The smallest absolute Gasteiger partial charge is 0.307 e. The molecule has 0 aliphatic carbocycles. The van der Waals surface area contributed by atoms with Crippen molar-refractivity contribution in [2.75, 3.05) is 0 Å². The van der Waals surface area contributed by atoms with Gasteiger partial charge in [-0.05, 0) is 19.1 Å². The van der Waals surface area contributed by atoms with Crippen molar-refractivity contribution in [3.63, 3.8) is 0 Å². The first-order valence-corrected chi connectivity index (χ1v) is 5.19. The second-order valence-electron chi connectivity index (χ2n) is 3.71. The highest BCUT2D eigenvalue weighted by Crippen LogP contribution is 2.32. The van der Waals surface area contributed by atoms with Crippen LogP contribution in [0.5, 0.6) is 0 Å². The number of fused-ring (bicyclic) bond motifs is 1. The van der Waals surface area contributed by atoms with Crippen LogP contribution < -0.4 is 11.2 Å². The molecule has 96 valence electrons. The van der Waals surface area contributed by atoms with Crippen molar-refractivity contribution in [1.29, 1.82) is 0 Å². The molecule has 0 aliphatic rings. The second kappa shape index (κ2) is 4.01. The fourth-order valence-electron chi connectivity index (χ4n) is 1.82. The van der Waals surface area contributed by atoms with Gasteiger partial charge in [-0.2, -0.15) is 13.2 Å². The molecule has 1 heterocycles. The number of rotatable bonds is 1. The number of H-pyrrole nitrogens is 1. The molecule has 0 bridgehead atoms. The van der Waals surface area contributed by atoms with Gasteiger partial charge in [-0.3, -0.25) is 9.36 Å². The predicted molar refractivity (Wildman–Crippen MR) is 59.5 cm³/mol. The molecule has 0 unspecified atom stereocenters. The number of halogens is 3. The number of aromatic amines is 1. The summed E-state index contributed by atoms with van der Waals surface area (Å²) in [7, 11) is 0. The molecule has 0 atom stereocenters. The number of aromatic nitrogens is 2. The van der Waals surface area contributed by atoms with Crippen LogP contribution in [0.4, 0.5) is 13.2 Å². The van der Waals surface area contributed by atoms with Gasteiger partial charge < -0.3 is 4.98 Å². The molecular formula is C11H9F3N2O2. The monoisotopic (exact) mass is 258 g/mol. The highest BCUT2D eigenvalue weighted by atomic mass is 19.4. The van der Waals surface area contributed by atoms with E-state index in [2.05, 4.69) is 4.98 Å². The van der Waals surface area contributed by atoms with Gasteiger partial charge in [0, 0.05) is 6.54 Å². The van der Waals surface area contributed by atoms with E-state index in [1.54, 1.807) is 0 Å². The zero-order valence-electron chi connectivity index (χ0n) is 9.34. The molecule has 2 rings (SSSR count). The Bertz CT molecular complexity index is 713. The number of benzene rings is 1. The van der Waals surface area contributed by atoms with Crippen molar-refractivity contribution in [3.8, 4) is 0 Å². The molecule has 1 aromatic carbocycles. The number of nitrogens with one attached hydrogen (secondary N) is 1. The third-order valence-corrected chi connectivity index (χ3v) is 2.63. The van der Waals surface area contributed by atoms with Crippen molar-refractivity contribution in [1.82, 2.24) is 9.55 Å². The largest absolute Gasteiger partial charge is 0.417 e. The van der Waals surface area contributed by atoms with Gasteiger partial charge in [0.1, 0.15) is 0 Å². The fraction of sp³-hybridized carbons (Fsp3) is 0.273. The Morgan fingerprint density at radius 2 is 1.94 bits per heavy atom. The van der Waals surface area contributed by atoms with Crippen LogP contribution in [0.3, 0.4) is 0 Å². The summed E-state index contributed by atoms with van der Waals surface area (Å²) in [4.78, 5) is 25.6. The molecule has 2 aromatic rings. The Hall–Kier alpha value is -2.05. The lowest BCUT2D eigenvalue weighted by atomic mass is 10.1. The zero-order valence-corrected chi connectivity index (χ0v) is 9.34. The van der Waals surface area contributed by atoms with Crippen molar-refractivity contribution in [2.24, 2.45) is 0 Å². The van der Waals surface area contributed by atoms with E-state index in [9.17, 15) is 22.8 Å². The molecule has 4 nitrogen and oxygen atoms in total. The highest BCUT2D eigenvalue weighted by Gasteiger charge is 2.33. The van der Waals surface area contributed by atoms with Crippen LogP contribution >= 0.6 is 0 Å². The average molecular weight is 258 g/mol. The summed E-state index contributed by atoms with van der Waals surface area (Å²) in [5.41, 5.74) is -2.79. The van der Waals surface area contributed by atoms with Crippen molar-refractivity contribution < 1.29 is 13.2 Å². The Labute approximate surface area is 98.7 Å². The van der Waals surface area contributed by atoms with E-state index < -0.39 is 28.4 Å². The Morgan fingerprint density at radius 3 is 2.50 bits per heavy atom. The molecule has 18 heavy (non-hydrogen) atoms. The van der Waals surface area contributed by atoms with Crippen molar-refractivity contribution >= 4 is 10.9 Å². The third kappa shape index (κ3) is 1.81. The minimum absolute atomic E-state index is 0.0102. The minimum atomic E-state index is -4.64. The van der Waals surface area contributed by atoms with Gasteiger partial charge in [0.25, 0.3) is 5.56 Å². The molecule has 0 amide bonds. The lowest BCUT2D eigenvalue weighted by Crippen LogP contribution is -2.35. The van der Waals surface area contributed by atoms with E-state index in [4.69, 9.17) is 0 Å². The van der Waals surface area contributed by atoms with Crippen LogP contribution in [0.25, 0.3) is 10.9 Å². The second-order valence-corrected chi connectivity index (χ2v) is 3.71. The first-order chi connectivity index (χ1) is 8.36. The quantitative estimate of drug-likeness (QED) is 0.846. The standard InChI is InChI=1S/C11H9F3N2O2/c1-2-16-9(17)8-6(11(12,13)14)4-3-5-7(8)15-10(16)18/h3-5H,2H2,1H3,(H,15,18). The normalized spacial score (nSPS) is 12.0. The Kier molecular flexibility index (Phi) is 2.76. The van der Waals surface area contributed by atoms with Gasteiger partial charge in [-0.15, -0.1) is 0 Å². The van der Waals surface area contributed by atoms with Gasteiger partial charge in [0.15, 0.2) is 0 Å². The van der Waals surface area contributed by atoms with E-state index in [0.717, 1.165) is 16.7 Å². The molecule has 1 aromatic heterocycles. The summed E-state index contributed by atoms with van der Waals surface area (Å²) in [5.74, 6) is 0. The van der Waals surface area contributed by atoms with Crippen LogP contribution in [0.2, 0.25) is 0 Å². The maximum absolute atomic E-state index is 12.8. The Balaban J connectivity index is 3.02. The molecule has 0 saturated carbocycles. The molecular weight excluding hydrogens is 249 g/mol. The summed E-state index contributed by atoms with van der Waals surface area (Å²) < 4.78 is 39.1. The summed E-state index contributed by atoms with van der Waals surface area (Å²) in [6.07, 6.45) is -4.64. The van der Waals surface area contributed by atoms with Crippen LogP contribution in [0.15, 0.2) is 27.8 Å². The lowest BCUT2D eigenvalue weighted by Gasteiger charge is -2.10. The van der Waals surface area contributed by atoms with E-state index in [1.165, 1.54) is 13.0 Å².